The number of hydrogen-bond donors (Lipinski definition) is 1. The van der Waals surface area contributed by atoms with Gasteiger partial charge in [0.05, 0.1) is 5.75 Å². The van der Waals surface area contributed by atoms with Crippen LogP contribution in [-0.4, -0.2) is 33.1 Å². The lowest BCUT2D eigenvalue weighted by Crippen LogP contribution is -2.21. The molecule has 0 spiro atoms. The van der Waals surface area contributed by atoms with Crippen molar-refractivity contribution in [2.24, 2.45) is 0 Å². The van der Waals surface area contributed by atoms with Crippen molar-refractivity contribution < 1.29 is 13.2 Å². The van der Waals surface area contributed by atoms with E-state index in [1.165, 1.54) is 0 Å². The highest BCUT2D eigenvalue weighted by Crippen LogP contribution is 2.28. The summed E-state index contributed by atoms with van der Waals surface area (Å²) in [5, 5.41) is 3.41. The van der Waals surface area contributed by atoms with E-state index in [0.717, 1.165) is 28.8 Å². The fraction of sp³-hybridized carbons (Fsp3) is 0.600. The van der Waals surface area contributed by atoms with Crippen LogP contribution in [0.15, 0.2) is 22.7 Å². The summed E-state index contributed by atoms with van der Waals surface area (Å²) in [7, 11) is -3.00. The molecule has 1 aromatic rings. The molecule has 21 heavy (non-hydrogen) atoms. The van der Waals surface area contributed by atoms with E-state index >= 15 is 0 Å². The summed E-state index contributed by atoms with van der Waals surface area (Å²) in [5.74, 6) is 0.925. The van der Waals surface area contributed by atoms with Crippen LogP contribution in [0.4, 0.5) is 0 Å². The van der Waals surface area contributed by atoms with Crippen LogP contribution in [0.25, 0.3) is 0 Å². The van der Waals surface area contributed by atoms with Crippen LogP contribution in [0.2, 0.25) is 0 Å². The van der Waals surface area contributed by atoms with Crippen molar-refractivity contribution in [3.05, 3.63) is 28.2 Å². The average Bonchev–Trinajstić information content (AvgIpc) is 2.44. The third-order valence-electron chi connectivity index (χ3n) is 3.23. The van der Waals surface area contributed by atoms with E-state index in [1.54, 1.807) is 6.92 Å². The molecule has 0 aliphatic heterocycles. The van der Waals surface area contributed by atoms with Crippen LogP contribution in [0, 0.1) is 0 Å². The Bertz CT molecular complexity index is 546. The summed E-state index contributed by atoms with van der Waals surface area (Å²) < 4.78 is 29.7. The summed E-state index contributed by atoms with van der Waals surface area (Å²) in [6.45, 7) is 6.96. The van der Waals surface area contributed by atoms with Crippen LogP contribution in [0.5, 0.6) is 5.75 Å². The first-order valence-corrected chi connectivity index (χ1v) is 9.87. The zero-order valence-electron chi connectivity index (χ0n) is 12.9. The van der Waals surface area contributed by atoms with Gasteiger partial charge in [-0.1, -0.05) is 35.8 Å². The molecule has 1 unspecified atom stereocenters. The molecule has 0 aromatic heterocycles. The molecule has 0 aliphatic carbocycles. The molecule has 0 bridgehead atoms. The SMILES string of the molecule is CCCNC(C)c1ccc(Br)cc1OCCS(=O)(=O)CC. The van der Waals surface area contributed by atoms with Crippen LogP contribution in [-0.2, 0) is 9.84 Å². The van der Waals surface area contributed by atoms with E-state index in [2.05, 4.69) is 35.1 Å². The Kier molecular flexibility index (Phi) is 7.70. The van der Waals surface area contributed by atoms with Crippen molar-refractivity contribution in [3.63, 3.8) is 0 Å². The maximum absolute atomic E-state index is 11.5. The molecule has 0 fully saturated rings. The molecule has 0 saturated carbocycles. The predicted octanol–water partition coefficient (Wildman–Crippen LogP) is 3.32. The largest absolute Gasteiger partial charge is 0.492 e. The number of ether oxygens (including phenoxy) is 1. The maximum atomic E-state index is 11.5. The van der Waals surface area contributed by atoms with Crippen molar-refractivity contribution in [2.45, 2.75) is 33.2 Å². The standard InChI is InChI=1S/C15H24BrNO3S/c1-4-8-17-12(3)14-7-6-13(16)11-15(14)20-9-10-21(18,19)5-2/h6-7,11-12,17H,4-5,8-10H2,1-3H3. The van der Waals surface area contributed by atoms with Gasteiger partial charge in [-0.05, 0) is 32.0 Å². The van der Waals surface area contributed by atoms with Gasteiger partial charge in [-0.25, -0.2) is 8.42 Å². The van der Waals surface area contributed by atoms with Gasteiger partial charge in [0, 0.05) is 21.8 Å². The van der Waals surface area contributed by atoms with Gasteiger partial charge in [0.15, 0.2) is 9.84 Å². The molecule has 1 N–H and O–H groups in total. The lowest BCUT2D eigenvalue weighted by molar-refractivity contribution is 0.333. The number of sulfone groups is 1. The van der Waals surface area contributed by atoms with E-state index < -0.39 is 9.84 Å². The fourth-order valence-corrected chi connectivity index (χ4v) is 2.85. The van der Waals surface area contributed by atoms with E-state index in [9.17, 15) is 8.42 Å². The zero-order chi connectivity index (χ0) is 15.9. The molecule has 0 saturated heterocycles. The number of hydrogen-bond acceptors (Lipinski definition) is 4. The first kappa shape index (κ1) is 18.5. The second kappa shape index (κ2) is 8.76. The monoisotopic (exact) mass is 377 g/mol. The summed E-state index contributed by atoms with van der Waals surface area (Å²) in [4.78, 5) is 0. The molecule has 0 radical (unpaired) electrons. The second-order valence-corrected chi connectivity index (χ2v) is 8.33. The third kappa shape index (κ3) is 6.36. The summed E-state index contributed by atoms with van der Waals surface area (Å²) >= 11 is 3.42. The normalized spacial score (nSPS) is 13.1. The van der Waals surface area contributed by atoms with Crippen LogP contribution in [0.1, 0.15) is 38.8 Å². The Hall–Kier alpha value is -0.590. The fourth-order valence-electron chi connectivity index (χ4n) is 1.88. The first-order valence-electron chi connectivity index (χ1n) is 7.25. The second-order valence-electron chi connectivity index (χ2n) is 4.94. The van der Waals surface area contributed by atoms with Gasteiger partial charge in [0.2, 0.25) is 0 Å². The molecule has 1 aromatic carbocycles. The lowest BCUT2D eigenvalue weighted by Gasteiger charge is -2.18. The molecule has 4 nitrogen and oxygen atoms in total. The number of halogens is 1. The van der Waals surface area contributed by atoms with Crippen molar-refractivity contribution >= 4 is 25.8 Å². The van der Waals surface area contributed by atoms with Crippen LogP contribution < -0.4 is 10.1 Å². The third-order valence-corrected chi connectivity index (χ3v) is 5.40. The molecule has 0 heterocycles. The Labute approximate surface area is 136 Å². The van der Waals surface area contributed by atoms with E-state index in [-0.39, 0.29) is 24.2 Å². The molecule has 0 aliphatic rings. The molecule has 6 heteroatoms. The van der Waals surface area contributed by atoms with Crippen molar-refractivity contribution in [1.82, 2.24) is 5.32 Å². The van der Waals surface area contributed by atoms with Crippen molar-refractivity contribution in [2.75, 3.05) is 24.7 Å². The molecule has 1 rings (SSSR count). The highest BCUT2D eigenvalue weighted by Gasteiger charge is 2.13. The van der Waals surface area contributed by atoms with Gasteiger partial charge in [-0.2, -0.15) is 0 Å². The highest BCUT2D eigenvalue weighted by atomic mass is 79.9. The first-order chi connectivity index (χ1) is 9.89. The predicted molar refractivity (Wildman–Crippen MR) is 90.7 cm³/mol. The Morgan fingerprint density at radius 2 is 2.05 bits per heavy atom. The number of rotatable bonds is 9. The Balaban J connectivity index is 2.77. The van der Waals surface area contributed by atoms with Crippen molar-refractivity contribution in [3.8, 4) is 5.75 Å². The van der Waals surface area contributed by atoms with E-state index in [1.807, 2.05) is 18.2 Å². The average molecular weight is 378 g/mol. The minimum Gasteiger partial charge on any atom is -0.492 e. The quantitative estimate of drug-likeness (QED) is 0.716. The molecular formula is C15H24BrNO3S. The topological polar surface area (TPSA) is 55.4 Å². The smallest absolute Gasteiger partial charge is 0.153 e. The molecule has 0 amide bonds. The summed E-state index contributed by atoms with van der Waals surface area (Å²) in [5.41, 5.74) is 1.04. The lowest BCUT2D eigenvalue weighted by atomic mass is 10.1. The Morgan fingerprint density at radius 1 is 1.33 bits per heavy atom. The van der Waals surface area contributed by atoms with Gasteiger partial charge in [-0.3, -0.25) is 0 Å². The van der Waals surface area contributed by atoms with Crippen LogP contribution in [0.3, 0.4) is 0 Å². The molecule has 120 valence electrons. The van der Waals surface area contributed by atoms with Gasteiger partial charge in [-0.15, -0.1) is 0 Å². The van der Waals surface area contributed by atoms with Gasteiger partial charge < -0.3 is 10.1 Å². The van der Waals surface area contributed by atoms with Gasteiger partial charge in [0.1, 0.15) is 12.4 Å². The van der Waals surface area contributed by atoms with Gasteiger partial charge >= 0.3 is 0 Å². The molecule has 1 atom stereocenters. The highest BCUT2D eigenvalue weighted by molar-refractivity contribution is 9.10. The minimum absolute atomic E-state index is 0.0478. The zero-order valence-corrected chi connectivity index (χ0v) is 15.3. The summed E-state index contributed by atoms with van der Waals surface area (Å²) in [6, 6.07) is 6.02. The van der Waals surface area contributed by atoms with Gasteiger partial charge in [0.25, 0.3) is 0 Å². The minimum atomic E-state index is -3.00. The van der Waals surface area contributed by atoms with E-state index in [0.29, 0.717) is 0 Å². The van der Waals surface area contributed by atoms with E-state index in [4.69, 9.17) is 4.74 Å². The Morgan fingerprint density at radius 3 is 2.67 bits per heavy atom. The summed E-state index contributed by atoms with van der Waals surface area (Å²) in [6.07, 6.45) is 1.06. The molecular weight excluding hydrogens is 354 g/mol. The van der Waals surface area contributed by atoms with Crippen LogP contribution >= 0.6 is 15.9 Å². The van der Waals surface area contributed by atoms with Crippen molar-refractivity contribution in [1.29, 1.82) is 0 Å². The number of benzene rings is 1. The maximum Gasteiger partial charge on any atom is 0.153 e. The number of nitrogens with one attached hydrogen (secondary N) is 1.